The first-order valence-electron chi connectivity index (χ1n) is 5.99. The number of pyridine rings is 1. The largest absolute Gasteiger partial charge is 0.416 e. The standard InChI is InChI=1S/C12H18F3N3O/c1-4-19-8(2)7-17-11-6-9(12(13,14)15)5-10(16-3)18-11/h5-6,8H,4,7H2,1-3H3,(H2,16,17,18). The maximum Gasteiger partial charge on any atom is 0.416 e. The number of rotatable bonds is 6. The molecule has 108 valence electrons. The summed E-state index contributed by atoms with van der Waals surface area (Å²) in [5.74, 6) is 0.340. The topological polar surface area (TPSA) is 46.2 Å². The first kappa shape index (κ1) is 15.6. The van der Waals surface area contributed by atoms with Crippen LogP contribution in [0.15, 0.2) is 12.1 Å². The number of alkyl halides is 3. The van der Waals surface area contributed by atoms with Gasteiger partial charge in [0.1, 0.15) is 11.6 Å². The molecule has 0 spiro atoms. The molecule has 0 saturated heterocycles. The van der Waals surface area contributed by atoms with E-state index in [0.29, 0.717) is 13.2 Å². The van der Waals surface area contributed by atoms with Crippen LogP contribution < -0.4 is 10.6 Å². The number of nitrogens with zero attached hydrogens (tertiary/aromatic N) is 1. The van der Waals surface area contributed by atoms with Gasteiger partial charge < -0.3 is 15.4 Å². The summed E-state index contributed by atoms with van der Waals surface area (Å²) >= 11 is 0. The lowest BCUT2D eigenvalue weighted by atomic mass is 10.2. The normalized spacial score (nSPS) is 13.2. The molecule has 1 aromatic heterocycles. The highest BCUT2D eigenvalue weighted by atomic mass is 19.4. The predicted molar refractivity (Wildman–Crippen MR) is 68.4 cm³/mol. The third kappa shape index (κ3) is 4.94. The minimum Gasteiger partial charge on any atom is -0.377 e. The lowest BCUT2D eigenvalue weighted by molar-refractivity contribution is -0.137. The number of hydrogen-bond acceptors (Lipinski definition) is 4. The van der Waals surface area contributed by atoms with Gasteiger partial charge >= 0.3 is 6.18 Å². The molecule has 1 atom stereocenters. The van der Waals surface area contributed by atoms with E-state index in [-0.39, 0.29) is 17.7 Å². The number of ether oxygens (including phenoxy) is 1. The van der Waals surface area contributed by atoms with Crippen molar-refractivity contribution in [2.75, 3.05) is 30.8 Å². The van der Waals surface area contributed by atoms with Crippen molar-refractivity contribution in [2.24, 2.45) is 0 Å². The SMILES string of the molecule is CCOC(C)CNc1cc(C(F)(F)F)cc(NC)n1. The zero-order valence-electron chi connectivity index (χ0n) is 11.1. The summed E-state index contributed by atoms with van der Waals surface area (Å²) in [6.07, 6.45) is -4.49. The third-order valence-electron chi connectivity index (χ3n) is 2.43. The van der Waals surface area contributed by atoms with Gasteiger partial charge in [0, 0.05) is 20.2 Å². The van der Waals surface area contributed by atoms with Gasteiger partial charge in [-0.15, -0.1) is 0 Å². The molecular formula is C12H18F3N3O. The molecule has 1 heterocycles. The molecule has 7 heteroatoms. The van der Waals surface area contributed by atoms with Crippen molar-refractivity contribution in [2.45, 2.75) is 26.1 Å². The van der Waals surface area contributed by atoms with E-state index < -0.39 is 11.7 Å². The first-order valence-corrected chi connectivity index (χ1v) is 5.99. The maximum atomic E-state index is 12.7. The minimum absolute atomic E-state index is 0.0978. The molecule has 0 radical (unpaired) electrons. The molecule has 4 nitrogen and oxygen atoms in total. The first-order chi connectivity index (χ1) is 8.86. The smallest absolute Gasteiger partial charge is 0.377 e. The fourth-order valence-corrected chi connectivity index (χ4v) is 1.50. The molecule has 0 aliphatic carbocycles. The number of aromatic nitrogens is 1. The van der Waals surface area contributed by atoms with Crippen LogP contribution in [0.25, 0.3) is 0 Å². The predicted octanol–water partition coefficient (Wildman–Crippen LogP) is 2.98. The summed E-state index contributed by atoms with van der Waals surface area (Å²) < 4.78 is 43.4. The van der Waals surface area contributed by atoms with E-state index in [2.05, 4.69) is 15.6 Å². The van der Waals surface area contributed by atoms with E-state index in [1.165, 1.54) is 7.05 Å². The third-order valence-corrected chi connectivity index (χ3v) is 2.43. The molecule has 0 saturated carbocycles. The average Bonchev–Trinajstić information content (AvgIpc) is 2.35. The second-order valence-corrected chi connectivity index (χ2v) is 4.02. The molecule has 0 fully saturated rings. The Bertz CT molecular complexity index is 410. The number of halogens is 3. The van der Waals surface area contributed by atoms with Gasteiger partial charge in [-0.25, -0.2) is 4.98 Å². The maximum absolute atomic E-state index is 12.7. The van der Waals surface area contributed by atoms with Crippen LogP contribution in [-0.4, -0.2) is 31.3 Å². The average molecular weight is 277 g/mol. The molecule has 0 aliphatic heterocycles. The minimum atomic E-state index is -4.39. The zero-order valence-corrected chi connectivity index (χ0v) is 11.1. The lowest BCUT2D eigenvalue weighted by Crippen LogP contribution is -2.20. The van der Waals surface area contributed by atoms with E-state index in [1.807, 2.05) is 13.8 Å². The van der Waals surface area contributed by atoms with Crippen LogP contribution in [0.3, 0.4) is 0 Å². The Hall–Kier alpha value is -1.50. The monoisotopic (exact) mass is 277 g/mol. The molecule has 1 rings (SSSR count). The fourth-order valence-electron chi connectivity index (χ4n) is 1.50. The zero-order chi connectivity index (χ0) is 14.5. The Morgan fingerprint density at radius 2 is 1.95 bits per heavy atom. The van der Waals surface area contributed by atoms with Crippen LogP contribution in [0.2, 0.25) is 0 Å². The van der Waals surface area contributed by atoms with Crippen LogP contribution in [-0.2, 0) is 10.9 Å². The van der Waals surface area contributed by atoms with Crippen molar-refractivity contribution in [3.05, 3.63) is 17.7 Å². The van der Waals surface area contributed by atoms with Gasteiger partial charge in [0.05, 0.1) is 11.7 Å². The Labute approximate surface area is 110 Å². The van der Waals surface area contributed by atoms with Crippen molar-refractivity contribution in [1.29, 1.82) is 0 Å². The molecular weight excluding hydrogens is 259 g/mol. The Balaban J connectivity index is 2.83. The van der Waals surface area contributed by atoms with Crippen LogP contribution >= 0.6 is 0 Å². The van der Waals surface area contributed by atoms with Crippen molar-refractivity contribution < 1.29 is 17.9 Å². The number of anilines is 2. The van der Waals surface area contributed by atoms with Gasteiger partial charge in [0.15, 0.2) is 0 Å². The summed E-state index contributed by atoms with van der Waals surface area (Å²) in [6, 6.07) is 1.96. The molecule has 1 unspecified atom stereocenters. The van der Waals surface area contributed by atoms with Crippen molar-refractivity contribution in [3.63, 3.8) is 0 Å². The lowest BCUT2D eigenvalue weighted by Gasteiger charge is -2.15. The van der Waals surface area contributed by atoms with E-state index in [1.54, 1.807) is 0 Å². The van der Waals surface area contributed by atoms with Gasteiger partial charge in [-0.3, -0.25) is 0 Å². The highest BCUT2D eigenvalue weighted by Crippen LogP contribution is 2.31. The molecule has 19 heavy (non-hydrogen) atoms. The van der Waals surface area contributed by atoms with E-state index in [9.17, 15) is 13.2 Å². The molecule has 0 aromatic carbocycles. The van der Waals surface area contributed by atoms with Crippen molar-refractivity contribution in [3.8, 4) is 0 Å². The summed E-state index contributed by atoms with van der Waals surface area (Å²) in [6.45, 7) is 4.65. The van der Waals surface area contributed by atoms with Gasteiger partial charge in [-0.2, -0.15) is 13.2 Å². The Morgan fingerprint density at radius 1 is 1.32 bits per heavy atom. The van der Waals surface area contributed by atoms with Crippen LogP contribution in [0.1, 0.15) is 19.4 Å². The quantitative estimate of drug-likeness (QED) is 0.839. The number of hydrogen-bond donors (Lipinski definition) is 2. The van der Waals surface area contributed by atoms with Gasteiger partial charge in [0.2, 0.25) is 0 Å². The van der Waals surface area contributed by atoms with E-state index >= 15 is 0 Å². The van der Waals surface area contributed by atoms with Gasteiger partial charge in [-0.05, 0) is 26.0 Å². The Morgan fingerprint density at radius 3 is 2.47 bits per heavy atom. The van der Waals surface area contributed by atoms with Crippen molar-refractivity contribution in [1.82, 2.24) is 4.98 Å². The molecule has 2 N–H and O–H groups in total. The van der Waals surface area contributed by atoms with Gasteiger partial charge in [-0.1, -0.05) is 0 Å². The second-order valence-electron chi connectivity index (χ2n) is 4.02. The van der Waals surface area contributed by atoms with Crippen LogP contribution in [0, 0.1) is 0 Å². The van der Waals surface area contributed by atoms with E-state index in [4.69, 9.17) is 4.74 Å². The summed E-state index contributed by atoms with van der Waals surface area (Å²) in [4.78, 5) is 4.02. The Kier molecular flexibility index (Phi) is 5.41. The van der Waals surface area contributed by atoms with Crippen molar-refractivity contribution >= 4 is 11.6 Å². The molecule has 1 aromatic rings. The summed E-state index contributed by atoms with van der Waals surface area (Å²) in [7, 11) is 1.52. The highest BCUT2D eigenvalue weighted by Gasteiger charge is 2.31. The van der Waals surface area contributed by atoms with Crippen LogP contribution in [0.5, 0.6) is 0 Å². The number of nitrogens with one attached hydrogen (secondary N) is 2. The van der Waals surface area contributed by atoms with Crippen LogP contribution in [0.4, 0.5) is 24.8 Å². The molecule has 0 amide bonds. The molecule has 0 bridgehead atoms. The summed E-state index contributed by atoms with van der Waals surface area (Å²) in [5, 5.41) is 5.45. The summed E-state index contributed by atoms with van der Waals surface area (Å²) in [5.41, 5.74) is -0.738. The van der Waals surface area contributed by atoms with Gasteiger partial charge in [0.25, 0.3) is 0 Å². The fraction of sp³-hybridized carbons (Fsp3) is 0.583. The second kappa shape index (κ2) is 6.60. The van der Waals surface area contributed by atoms with E-state index in [0.717, 1.165) is 12.1 Å². The molecule has 0 aliphatic rings. The highest BCUT2D eigenvalue weighted by molar-refractivity contribution is 5.49.